The summed E-state index contributed by atoms with van der Waals surface area (Å²) in [6.45, 7) is 6.37. The van der Waals surface area contributed by atoms with Crippen LogP contribution in [0, 0.1) is 0 Å². The number of hydrogen-bond donors (Lipinski definition) is 0. The van der Waals surface area contributed by atoms with Gasteiger partial charge in [-0.2, -0.15) is 0 Å². The first kappa shape index (κ1) is 58.3. The second kappa shape index (κ2) is 50.0. The topological polar surface area (TPSA) is 78.9 Å². The van der Waals surface area contributed by atoms with E-state index in [1.165, 1.54) is 38.5 Å². The maximum absolute atomic E-state index is 12.8. The Balaban J connectivity index is 4.45. The molecule has 0 amide bonds. The molecule has 1 atom stereocenters. The molecule has 352 valence electrons. The number of rotatable bonds is 44. The molecule has 0 aromatic rings. The van der Waals surface area contributed by atoms with Gasteiger partial charge < -0.3 is 14.2 Å². The quantitative estimate of drug-likeness (QED) is 0.0263. The molecule has 0 aliphatic heterocycles. The van der Waals surface area contributed by atoms with Crippen molar-refractivity contribution in [2.24, 2.45) is 0 Å². The summed E-state index contributed by atoms with van der Waals surface area (Å²) in [6.07, 6.45) is 65.3. The molecule has 6 heteroatoms. The third-order valence-corrected chi connectivity index (χ3v) is 10.3. The standard InChI is InChI=1S/C56H92O6/c1-4-7-10-13-16-19-22-24-26-27-28-29-31-32-34-37-40-43-46-49-55(58)61-52-53(51-60-54(57)48-45-42-39-36-21-18-15-12-9-6-3)62-56(59)50-47-44-41-38-35-33-30-25-23-20-17-14-11-8-5-2/h7,10,12,15-17,19-20,24-26,28-30,32,34,53H,4-6,8-9,11,13-14,18,21-23,27,31,33,35-52H2,1-3H3/b10-7-,15-12-,19-16-,20-17-,26-24-,29-28-,30-25-,34-32-. The maximum Gasteiger partial charge on any atom is 0.306 e. The molecule has 0 saturated carbocycles. The molecule has 0 bridgehead atoms. The molecule has 0 saturated heterocycles. The average molecular weight is 861 g/mol. The molecule has 0 aromatic carbocycles. The molecule has 0 rings (SSSR count). The fraction of sp³-hybridized carbons (Fsp3) is 0.661. The van der Waals surface area contributed by atoms with Crippen molar-refractivity contribution in [1.29, 1.82) is 0 Å². The largest absolute Gasteiger partial charge is 0.462 e. The van der Waals surface area contributed by atoms with Crippen LogP contribution in [0.15, 0.2) is 97.2 Å². The van der Waals surface area contributed by atoms with E-state index in [1.807, 2.05) is 0 Å². The van der Waals surface area contributed by atoms with Crippen LogP contribution < -0.4 is 0 Å². The normalized spacial score (nSPS) is 12.9. The maximum atomic E-state index is 12.8. The molecule has 0 radical (unpaired) electrons. The van der Waals surface area contributed by atoms with Gasteiger partial charge in [0.05, 0.1) is 0 Å². The number of ether oxygens (including phenoxy) is 3. The fourth-order valence-electron chi connectivity index (χ4n) is 6.50. The minimum atomic E-state index is -0.801. The third-order valence-electron chi connectivity index (χ3n) is 10.3. The Kier molecular flexibility index (Phi) is 47.0. The lowest BCUT2D eigenvalue weighted by atomic mass is 10.1. The van der Waals surface area contributed by atoms with Gasteiger partial charge in [0.2, 0.25) is 0 Å². The van der Waals surface area contributed by atoms with Gasteiger partial charge in [-0.15, -0.1) is 0 Å². The highest BCUT2D eigenvalue weighted by Gasteiger charge is 2.19. The van der Waals surface area contributed by atoms with Crippen molar-refractivity contribution < 1.29 is 28.6 Å². The zero-order valence-corrected chi connectivity index (χ0v) is 40.1. The summed E-state index contributed by atoms with van der Waals surface area (Å²) in [5.74, 6) is -0.963. The molecule has 1 unspecified atom stereocenters. The third kappa shape index (κ3) is 47.4. The molecule has 0 spiro atoms. The van der Waals surface area contributed by atoms with Crippen LogP contribution in [0.4, 0.5) is 0 Å². The fourth-order valence-corrected chi connectivity index (χ4v) is 6.50. The van der Waals surface area contributed by atoms with Gasteiger partial charge in [0, 0.05) is 19.3 Å². The summed E-state index contributed by atoms with van der Waals surface area (Å²) in [4.78, 5) is 37.9. The highest BCUT2D eigenvalue weighted by molar-refractivity contribution is 5.71. The van der Waals surface area contributed by atoms with E-state index < -0.39 is 6.10 Å². The Morgan fingerprint density at radius 2 is 0.661 bits per heavy atom. The summed E-state index contributed by atoms with van der Waals surface area (Å²) in [5.41, 5.74) is 0. The van der Waals surface area contributed by atoms with Crippen LogP contribution in [-0.4, -0.2) is 37.2 Å². The monoisotopic (exact) mass is 861 g/mol. The molecule has 0 aliphatic rings. The van der Waals surface area contributed by atoms with Gasteiger partial charge in [0.15, 0.2) is 6.10 Å². The number of allylic oxidation sites excluding steroid dienone is 16. The lowest BCUT2D eigenvalue weighted by Gasteiger charge is -2.18. The Hall–Kier alpha value is -3.67. The van der Waals surface area contributed by atoms with Crippen LogP contribution in [0.2, 0.25) is 0 Å². The Morgan fingerprint density at radius 3 is 1.08 bits per heavy atom. The zero-order chi connectivity index (χ0) is 45.1. The first-order valence-corrected chi connectivity index (χ1v) is 25.2. The summed E-state index contributed by atoms with van der Waals surface area (Å²) in [5, 5.41) is 0. The van der Waals surface area contributed by atoms with Crippen LogP contribution in [0.3, 0.4) is 0 Å². The second-order valence-electron chi connectivity index (χ2n) is 16.3. The highest BCUT2D eigenvalue weighted by Crippen LogP contribution is 2.13. The van der Waals surface area contributed by atoms with Crippen LogP contribution in [0.5, 0.6) is 0 Å². The number of hydrogen-bond acceptors (Lipinski definition) is 6. The Morgan fingerprint density at radius 1 is 0.339 bits per heavy atom. The average Bonchev–Trinajstić information content (AvgIpc) is 3.27. The van der Waals surface area contributed by atoms with E-state index in [0.717, 1.165) is 141 Å². The smallest absolute Gasteiger partial charge is 0.306 e. The Bertz CT molecular complexity index is 1260. The molecular formula is C56H92O6. The van der Waals surface area contributed by atoms with E-state index in [0.29, 0.717) is 19.3 Å². The van der Waals surface area contributed by atoms with Crippen molar-refractivity contribution in [3.05, 3.63) is 97.2 Å². The zero-order valence-electron chi connectivity index (χ0n) is 40.1. The van der Waals surface area contributed by atoms with Gasteiger partial charge in [0.25, 0.3) is 0 Å². The minimum absolute atomic E-state index is 0.0998. The second-order valence-corrected chi connectivity index (χ2v) is 16.3. The van der Waals surface area contributed by atoms with Gasteiger partial charge in [-0.25, -0.2) is 0 Å². The van der Waals surface area contributed by atoms with E-state index in [-0.39, 0.29) is 31.1 Å². The first-order chi connectivity index (χ1) is 30.5. The molecule has 6 nitrogen and oxygen atoms in total. The molecule has 0 fully saturated rings. The highest BCUT2D eigenvalue weighted by atomic mass is 16.6. The van der Waals surface area contributed by atoms with Gasteiger partial charge >= 0.3 is 17.9 Å². The van der Waals surface area contributed by atoms with E-state index >= 15 is 0 Å². The van der Waals surface area contributed by atoms with Crippen LogP contribution >= 0.6 is 0 Å². The van der Waals surface area contributed by atoms with Crippen LogP contribution in [0.25, 0.3) is 0 Å². The summed E-state index contributed by atoms with van der Waals surface area (Å²) < 4.78 is 16.7. The van der Waals surface area contributed by atoms with E-state index in [1.54, 1.807) is 0 Å². The van der Waals surface area contributed by atoms with Crippen LogP contribution in [-0.2, 0) is 28.6 Å². The predicted molar refractivity (Wildman–Crippen MR) is 265 cm³/mol. The van der Waals surface area contributed by atoms with Crippen molar-refractivity contribution in [2.75, 3.05) is 13.2 Å². The van der Waals surface area contributed by atoms with Crippen molar-refractivity contribution in [1.82, 2.24) is 0 Å². The summed E-state index contributed by atoms with van der Waals surface area (Å²) in [7, 11) is 0. The lowest BCUT2D eigenvalue weighted by molar-refractivity contribution is -0.167. The molecule has 0 N–H and O–H groups in total. The van der Waals surface area contributed by atoms with Crippen molar-refractivity contribution in [3.63, 3.8) is 0 Å². The van der Waals surface area contributed by atoms with E-state index in [4.69, 9.17) is 14.2 Å². The molecule has 0 aliphatic carbocycles. The minimum Gasteiger partial charge on any atom is -0.462 e. The van der Waals surface area contributed by atoms with Gasteiger partial charge in [-0.3, -0.25) is 14.4 Å². The van der Waals surface area contributed by atoms with Gasteiger partial charge in [0.1, 0.15) is 13.2 Å². The summed E-state index contributed by atoms with van der Waals surface area (Å²) in [6, 6.07) is 0. The Labute approximate surface area is 381 Å². The number of unbranched alkanes of at least 4 members (excludes halogenated alkanes) is 17. The van der Waals surface area contributed by atoms with Gasteiger partial charge in [-0.05, 0) is 116 Å². The van der Waals surface area contributed by atoms with Crippen molar-refractivity contribution in [3.8, 4) is 0 Å². The van der Waals surface area contributed by atoms with Crippen LogP contribution in [0.1, 0.15) is 220 Å². The lowest BCUT2D eigenvalue weighted by Crippen LogP contribution is -2.30. The molecular weight excluding hydrogens is 769 g/mol. The first-order valence-electron chi connectivity index (χ1n) is 25.2. The number of esters is 3. The number of carbonyl (C=O) groups excluding carboxylic acids is 3. The van der Waals surface area contributed by atoms with E-state index in [2.05, 4.69) is 118 Å². The van der Waals surface area contributed by atoms with Crippen molar-refractivity contribution >= 4 is 17.9 Å². The number of carbonyl (C=O) groups is 3. The van der Waals surface area contributed by atoms with E-state index in [9.17, 15) is 14.4 Å². The SMILES string of the molecule is CC/C=C\C/C=C\C/C=C\C/C=C\C/C=C\CCCCCC(=O)OCC(COC(=O)CCCCCCC/C=C\CCC)OC(=O)CCCCCCC/C=C\C/C=C\CCCCC. The van der Waals surface area contributed by atoms with Crippen molar-refractivity contribution in [2.45, 2.75) is 226 Å². The molecule has 0 aromatic heterocycles. The summed E-state index contributed by atoms with van der Waals surface area (Å²) >= 11 is 0. The predicted octanol–water partition coefficient (Wildman–Crippen LogP) is 16.6. The molecule has 62 heavy (non-hydrogen) atoms. The van der Waals surface area contributed by atoms with Gasteiger partial charge in [-0.1, -0.05) is 182 Å². The molecule has 0 heterocycles.